The molecular formula is C13H17BrO. The standard InChI is InChI=1S/C13H17BrO/c1-9-6-11(7-10(2)12(9)14)13(8-15)4-3-5-13/h6-7,15H,3-5,8H2,1-2H3. The summed E-state index contributed by atoms with van der Waals surface area (Å²) in [6, 6.07) is 4.43. The molecule has 82 valence electrons. The van der Waals surface area contributed by atoms with E-state index in [1.165, 1.54) is 27.6 Å². The Labute approximate surface area is 99.6 Å². The average molecular weight is 269 g/mol. The van der Waals surface area contributed by atoms with E-state index >= 15 is 0 Å². The molecule has 1 aromatic rings. The minimum absolute atomic E-state index is 0.0657. The topological polar surface area (TPSA) is 20.2 Å². The van der Waals surface area contributed by atoms with Crippen LogP contribution in [-0.2, 0) is 5.41 Å². The molecule has 1 fully saturated rings. The highest BCUT2D eigenvalue weighted by Crippen LogP contribution is 2.44. The zero-order chi connectivity index (χ0) is 11.1. The van der Waals surface area contributed by atoms with E-state index in [2.05, 4.69) is 41.9 Å². The van der Waals surface area contributed by atoms with Crippen LogP contribution in [0.25, 0.3) is 0 Å². The van der Waals surface area contributed by atoms with Crippen molar-refractivity contribution in [3.8, 4) is 0 Å². The predicted molar refractivity (Wildman–Crippen MR) is 66.2 cm³/mol. The van der Waals surface area contributed by atoms with Crippen molar-refractivity contribution >= 4 is 15.9 Å². The monoisotopic (exact) mass is 268 g/mol. The first-order valence-electron chi connectivity index (χ1n) is 5.47. The van der Waals surface area contributed by atoms with E-state index in [9.17, 15) is 5.11 Å². The number of hydrogen-bond acceptors (Lipinski definition) is 1. The summed E-state index contributed by atoms with van der Waals surface area (Å²) in [5.74, 6) is 0. The van der Waals surface area contributed by atoms with Crippen molar-refractivity contribution < 1.29 is 5.11 Å². The molecule has 0 aliphatic heterocycles. The third kappa shape index (κ3) is 1.74. The van der Waals surface area contributed by atoms with E-state index in [-0.39, 0.29) is 12.0 Å². The summed E-state index contributed by atoms with van der Waals surface area (Å²) in [7, 11) is 0. The molecule has 0 bridgehead atoms. The van der Waals surface area contributed by atoms with Gasteiger partial charge in [-0.25, -0.2) is 0 Å². The van der Waals surface area contributed by atoms with Gasteiger partial charge in [0, 0.05) is 9.89 Å². The van der Waals surface area contributed by atoms with Gasteiger partial charge in [-0.3, -0.25) is 0 Å². The molecule has 2 heteroatoms. The second kappa shape index (κ2) is 3.91. The lowest BCUT2D eigenvalue weighted by Gasteiger charge is -2.41. The highest BCUT2D eigenvalue weighted by Gasteiger charge is 2.38. The smallest absolute Gasteiger partial charge is 0.0527 e. The number of halogens is 1. The Morgan fingerprint density at radius 1 is 1.27 bits per heavy atom. The second-order valence-electron chi connectivity index (χ2n) is 4.72. The Bertz CT molecular complexity index is 352. The molecule has 1 aliphatic rings. The van der Waals surface area contributed by atoms with E-state index in [0.717, 1.165) is 12.8 Å². The largest absolute Gasteiger partial charge is 0.395 e. The summed E-state index contributed by atoms with van der Waals surface area (Å²) < 4.78 is 1.19. The van der Waals surface area contributed by atoms with Crippen molar-refractivity contribution in [3.05, 3.63) is 33.3 Å². The lowest BCUT2D eigenvalue weighted by atomic mass is 9.64. The van der Waals surface area contributed by atoms with Gasteiger partial charge in [-0.2, -0.15) is 0 Å². The number of rotatable bonds is 2. The van der Waals surface area contributed by atoms with Gasteiger partial charge in [-0.05, 0) is 43.4 Å². The number of aryl methyl sites for hydroxylation is 2. The average Bonchev–Trinajstić information content (AvgIpc) is 2.13. The number of hydrogen-bond donors (Lipinski definition) is 1. The van der Waals surface area contributed by atoms with Crippen LogP contribution in [0, 0.1) is 13.8 Å². The Morgan fingerprint density at radius 2 is 1.80 bits per heavy atom. The minimum Gasteiger partial charge on any atom is -0.395 e. The SMILES string of the molecule is Cc1cc(C2(CO)CCC2)cc(C)c1Br. The molecule has 1 aliphatic carbocycles. The van der Waals surface area contributed by atoms with E-state index in [1.54, 1.807) is 0 Å². The van der Waals surface area contributed by atoms with Crippen LogP contribution in [0.3, 0.4) is 0 Å². The number of aliphatic hydroxyl groups excluding tert-OH is 1. The quantitative estimate of drug-likeness (QED) is 0.871. The first-order valence-corrected chi connectivity index (χ1v) is 6.26. The van der Waals surface area contributed by atoms with Crippen LogP contribution in [0.2, 0.25) is 0 Å². The molecule has 0 spiro atoms. The van der Waals surface area contributed by atoms with E-state index in [1.807, 2.05) is 0 Å². The molecule has 0 unspecified atom stereocenters. The van der Waals surface area contributed by atoms with Crippen molar-refractivity contribution in [2.45, 2.75) is 38.5 Å². The first-order chi connectivity index (χ1) is 7.09. The van der Waals surface area contributed by atoms with Gasteiger partial charge >= 0.3 is 0 Å². The van der Waals surface area contributed by atoms with Crippen LogP contribution in [0.15, 0.2) is 16.6 Å². The van der Waals surface area contributed by atoms with Crippen LogP contribution >= 0.6 is 15.9 Å². The summed E-state index contributed by atoms with van der Waals surface area (Å²) in [5.41, 5.74) is 3.92. The van der Waals surface area contributed by atoms with Crippen LogP contribution in [0.5, 0.6) is 0 Å². The van der Waals surface area contributed by atoms with Crippen molar-refractivity contribution in [1.29, 1.82) is 0 Å². The predicted octanol–water partition coefficient (Wildman–Crippen LogP) is 3.48. The van der Waals surface area contributed by atoms with Gasteiger partial charge in [0.1, 0.15) is 0 Å². The van der Waals surface area contributed by atoms with E-state index < -0.39 is 0 Å². The van der Waals surface area contributed by atoms with E-state index in [4.69, 9.17) is 0 Å². The molecule has 0 atom stereocenters. The Balaban J connectivity index is 2.45. The van der Waals surface area contributed by atoms with Gasteiger partial charge in [0.05, 0.1) is 6.61 Å². The molecular weight excluding hydrogens is 252 g/mol. The minimum atomic E-state index is 0.0657. The summed E-state index contributed by atoms with van der Waals surface area (Å²) in [5, 5.41) is 9.53. The second-order valence-corrected chi connectivity index (χ2v) is 5.51. The van der Waals surface area contributed by atoms with Crippen LogP contribution in [0.1, 0.15) is 36.0 Å². The summed E-state index contributed by atoms with van der Waals surface area (Å²) in [6.45, 7) is 4.52. The maximum Gasteiger partial charge on any atom is 0.0527 e. The van der Waals surface area contributed by atoms with Crippen LogP contribution in [-0.4, -0.2) is 11.7 Å². The molecule has 15 heavy (non-hydrogen) atoms. The van der Waals surface area contributed by atoms with Gasteiger partial charge in [-0.15, -0.1) is 0 Å². The zero-order valence-electron chi connectivity index (χ0n) is 9.31. The maximum absolute atomic E-state index is 9.53. The fourth-order valence-electron chi connectivity index (χ4n) is 2.39. The fraction of sp³-hybridized carbons (Fsp3) is 0.538. The Morgan fingerprint density at radius 3 is 2.13 bits per heavy atom. The molecule has 1 N–H and O–H groups in total. The van der Waals surface area contributed by atoms with Crippen molar-refractivity contribution in [3.63, 3.8) is 0 Å². The molecule has 0 aromatic heterocycles. The Hall–Kier alpha value is -0.340. The maximum atomic E-state index is 9.53. The Kier molecular flexibility index (Phi) is 2.91. The van der Waals surface area contributed by atoms with Crippen LogP contribution in [0.4, 0.5) is 0 Å². The summed E-state index contributed by atoms with van der Waals surface area (Å²) in [6.07, 6.45) is 3.50. The summed E-state index contributed by atoms with van der Waals surface area (Å²) >= 11 is 3.58. The molecule has 0 saturated heterocycles. The zero-order valence-corrected chi connectivity index (χ0v) is 10.9. The van der Waals surface area contributed by atoms with Crippen molar-refractivity contribution in [2.24, 2.45) is 0 Å². The molecule has 0 amide bonds. The fourth-order valence-corrected chi connectivity index (χ4v) is 2.62. The number of aliphatic hydroxyl groups is 1. The lowest BCUT2D eigenvalue weighted by molar-refractivity contribution is 0.120. The van der Waals surface area contributed by atoms with Gasteiger partial charge in [0.25, 0.3) is 0 Å². The van der Waals surface area contributed by atoms with Crippen LogP contribution < -0.4 is 0 Å². The van der Waals surface area contributed by atoms with E-state index in [0.29, 0.717) is 0 Å². The third-order valence-electron chi connectivity index (χ3n) is 3.66. The van der Waals surface area contributed by atoms with Crippen molar-refractivity contribution in [1.82, 2.24) is 0 Å². The first kappa shape index (κ1) is 11.2. The summed E-state index contributed by atoms with van der Waals surface area (Å²) in [4.78, 5) is 0. The van der Waals surface area contributed by atoms with Gasteiger partial charge in [0.2, 0.25) is 0 Å². The molecule has 1 saturated carbocycles. The van der Waals surface area contributed by atoms with Gasteiger partial charge < -0.3 is 5.11 Å². The van der Waals surface area contributed by atoms with Crippen molar-refractivity contribution in [2.75, 3.05) is 6.61 Å². The molecule has 0 heterocycles. The lowest BCUT2D eigenvalue weighted by Crippen LogP contribution is -2.38. The van der Waals surface area contributed by atoms with Gasteiger partial charge in [-0.1, -0.05) is 34.5 Å². The molecule has 1 aromatic carbocycles. The highest BCUT2D eigenvalue weighted by atomic mass is 79.9. The number of benzene rings is 1. The highest BCUT2D eigenvalue weighted by molar-refractivity contribution is 9.10. The molecule has 2 rings (SSSR count). The van der Waals surface area contributed by atoms with Gasteiger partial charge in [0.15, 0.2) is 0 Å². The normalized spacial score (nSPS) is 18.7. The third-order valence-corrected chi connectivity index (χ3v) is 4.91. The molecule has 0 radical (unpaired) electrons. The molecule has 1 nitrogen and oxygen atoms in total.